The molecule has 1 saturated heterocycles. The molecule has 2 aromatic carbocycles. The van der Waals surface area contributed by atoms with Crippen molar-refractivity contribution in [1.82, 2.24) is 4.90 Å². The summed E-state index contributed by atoms with van der Waals surface area (Å²) in [4.78, 5) is 2.58. The van der Waals surface area contributed by atoms with Gasteiger partial charge in [0.15, 0.2) is 0 Å². The van der Waals surface area contributed by atoms with Crippen molar-refractivity contribution in [1.29, 1.82) is 0 Å². The summed E-state index contributed by atoms with van der Waals surface area (Å²) in [7, 11) is 0. The van der Waals surface area contributed by atoms with E-state index in [1.54, 1.807) is 6.07 Å². The fourth-order valence-electron chi connectivity index (χ4n) is 4.18. The summed E-state index contributed by atoms with van der Waals surface area (Å²) in [6.07, 6.45) is 6.79. The van der Waals surface area contributed by atoms with Crippen LogP contribution in [0.15, 0.2) is 60.7 Å². The van der Waals surface area contributed by atoms with Gasteiger partial charge >= 0.3 is 0 Å². The first-order valence-corrected chi connectivity index (χ1v) is 9.78. The van der Waals surface area contributed by atoms with Gasteiger partial charge in [-0.3, -0.25) is 4.90 Å². The van der Waals surface area contributed by atoms with Crippen molar-refractivity contribution < 1.29 is 5.11 Å². The van der Waals surface area contributed by atoms with Crippen molar-refractivity contribution in [3.8, 4) is 5.75 Å². The minimum Gasteiger partial charge on any atom is -0.508 e. The number of piperidine rings is 1. The summed E-state index contributed by atoms with van der Waals surface area (Å²) < 4.78 is 0. The zero-order valence-corrected chi connectivity index (χ0v) is 16.2. The van der Waals surface area contributed by atoms with Gasteiger partial charge in [-0.2, -0.15) is 0 Å². The zero-order chi connectivity index (χ0) is 18.5. The van der Waals surface area contributed by atoms with Crippen LogP contribution in [0.25, 0.3) is 0 Å². The van der Waals surface area contributed by atoms with Gasteiger partial charge in [-0.1, -0.05) is 55.5 Å². The number of benzene rings is 2. The van der Waals surface area contributed by atoms with E-state index in [2.05, 4.69) is 68.2 Å². The first-order chi connectivity index (χ1) is 12.6. The van der Waals surface area contributed by atoms with Gasteiger partial charge in [0.05, 0.1) is 0 Å². The Balaban J connectivity index is 1.56. The Bertz CT molecular complexity index is 751. The molecule has 26 heavy (non-hydrogen) atoms. The van der Waals surface area contributed by atoms with Crippen molar-refractivity contribution in [3.63, 3.8) is 0 Å². The summed E-state index contributed by atoms with van der Waals surface area (Å²) in [5, 5.41) is 9.79. The van der Waals surface area contributed by atoms with Crippen molar-refractivity contribution in [2.75, 3.05) is 13.1 Å². The number of aromatic hydroxyl groups is 1. The molecule has 1 aliphatic heterocycles. The lowest BCUT2D eigenvalue weighted by Gasteiger charge is -2.42. The lowest BCUT2D eigenvalue weighted by atomic mass is 9.77. The van der Waals surface area contributed by atoms with Gasteiger partial charge < -0.3 is 5.11 Å². The van der Waals surface area contributed by atoms with Crippen LogP contribution in [0.4, 0.5) is 0 Å². The third-order valence-corrected chi connectivity index (χ3v) is 6.10. The Labute approximate surface area is 158 Å². The van der Waals surface area contributed by atoms with E-state index in [4.69, 9.17) is 0 Å². The second-order valence-electron chi connectivity index (χ2n) is 7.69. The monoisotopic (exact) mass is 349 g/mol. The summed E-state index contributed by atoms with van der Waals surface area (Å²) in [5.74, 6) is 1.49. The molecule has 0 radical (unpaired) electrons. The zero-order valence-electron chi connectivity index (χ0n) is 16.2. The van der Waals surface area contributed by atoms with Crippen LogP contribution in [-0.2, 0) is 6.42 Å². The molecule has 1 heterocycles. The van der Waals surface area contributed by atoms with Gasteiger partial charge in [0.2, 0.25) is 0 Å². The van der Waals surface area contributed by atoms with Gasteiger partial charge in [0.1, 0.15) is 5.75 Å². The molecule has 1 unspecified atom stereocenters. The number of likely N-dealkylation sites (tertiary alicyclic amines) is 1. The number of phenols is 1. The highest BCUT2D eigenvalue weighted by Gasteiger charge is 2.32. The molecule has 2 heteroatoms. The van der Waals surface area contributed by atoms with Crippen molar-refractivity contribution in [3.05, 3.63) is 77.4 Å². The van der Waals surface area contributed by atoms with Crippen molar-refractivity contribution in [2.45, 2.75) is 45.6 Å². The van der Waals surface area contributed by atoms with E-state index in [1.165, 1.54) is 16.7 Å². The van der Waals surface area contributed by atoms with E-state index in [1.807, 2.05) is 12.1 Å². The topological polar surface area (TPSA) is 23.5 Å². The summed E-state index contributed by atoms with van der Waals surface area (Å²) in [6, 6.07) is 17.0. The lowest BCUT2D eigenvalue weighted by molar-refractivity contribution is 0.108. The van der Waals surface area contributed by atoms with Gasteiger partial charge in [0, 0.05) is 12.6 Å². The maximum atomic E-state index is 9.79. The second-order valence-corrected chi connectivity index (χ2v) is 7.69. The Kier molecular flexibility index (Phi) is 6.16. The highest BCUT2D eigenvalue weighted by molar-refractivity contribution is 5.31. The first-order valence-electron chi connectivity index (χ1n) is 9.78. The SMILES string of the molecule is Cc1ccccc1CC=CCN1CC[C@@H](c2cccc(O)c2)[C@@H](C)C1C. The van der Waals surface area contributed by atoms with Crippen LogP contribution in [-0.4, -0.2) is 29.1 Å². The number of rotatable bonds is 5. The Morgan fingerprint density at radius 2 is 1.88 bits per heavy atom. The van der Waals surface area contributed by atoms with Crippen LogP contribution >= 0.6 is 0 Å². The van der Waals surface area contributed by atoms with Gasteiger partial charge in [-0.15, -0.1) is 0 Å². The van der Waals surface area contributed by atoms with Crippen LogP contribution < -0.4 is 0 Å². The highest BCUT2D eigenvalue weighted by atomic mass is 16.3. The lowest BCUT2D eigenvalue weighted by Crippen LogP contribution is -2.45. The third kappa shape index (κ3) is 4.37. The highest BCUT2D eigenvalue weighted by Crippen LogP contribution is 2.37. The van der Waals surface area contributed by atoms with Crippen LogP contribution in [0.2, 0.25) is 0 Å². The number of phenolic OH excluding ortho intramolecular Hbond substituents is 1. The smallest absolute Gasteiger partial charge is 0.115 e. The molecule has 0 aliphatic carbocycles. The fraction of sp³-hybridized carbons (Fsp3) is 0.417. The Morgan fingerprint density at radius 3 is 2.65 bits per heavy atom. The maximum Gasteiger partial charge on any atom is 0.115 e. The number of nitrogens with zero attached hydrogens (tertiary/aromatic N) is 1. The minimum atomic E-state index is 0.379. The van der Waals surface area contributed by atoms with Crippen molar-refractivity contribution in [2.24, 2.45) is 5.92 Å². The molecule has 138 valence electrons. The standard InChI is InChI=1S/C24H31NO/c1-18-9-4-5-10-21(18)11-6-7-15-25-16-14-24(19(2)20(25)3)22-12-8-13-23(26)17-22/h4-10,12-13,17,19-20,24,26H,11,14-16H2,1-3H3/t19-,20?,24+/m0/s1. The fourth-order valence-corrected chi connectivity index (χ4v) is 4.18. The molecule has 3 atom stereocenters. The largest absolute Gasteiger partial charge is 0.508 e. The number of aryl methyl sites for hydroxylation is 1. The van der Waals surface area contributed by atoms with E-state index in [9.17, 15) is 5.11 Å². The Hall–Kier alpha value is -2.06. The normalized spacial score (nSPS) is 24.2. The van der Waals surface area contributed by atoms with Crippen molar-refractivity contribution >= 4 is 0 Å². The molecule has 1 N–H and O–H groups in total. The molecule has 2 aromatic rings. The van der Waals surface area contributed by atoms with Crippen LogP contribution in [0.5, 0.6) is 5.75 Å². The molecule has 1 aliphatic rings. The molecule has 0 amide bonds. The molecule has 0 spiro atoms. The van der Waals surface area contributed by atoms with Crippen LogP contribution in [0.1, 0.15) is 42.9 Å². The van der Waals surface area contributed by atoms with E-state index < -0.39 is 0 Å². The summed E-state index contributed by atoms with van der Waals surface area (Å²) in [5.41, 5.74) is 4.05. The van der Waals surface area contributed by atoms with E-state index in [-0.39, 0.29) is 0 Å². The summed E-state index contributed by atoms with van der Waals surface area (Å²) >= 11 is 0. The van der Waals surface area contributed by atoms with E-state index in [0.717, 1.165) is 25.9 Å². The average Bonchev–Trinajstić information content (AvgIpc) is 2.63. The molecule has 1 fully saturated rings. The van der Waals surface area contributed by atoms with Crippen LogP contribution in [0, 0.1) is 12.8 Å². The number of allylic oxidation sites excluding steroid dienone is 1. The molecule has 2 nitrogen and oxygen atoms in total. The van der Waals surface area contributed by atoms with Gasteiger partial charge in [-0.25, -0.2) is 0 Å². The van der Waals surface area contributed by atoms with Gasteiger partial charge in [0.25, 0.3) is 0 Å². The number of hydrogen-bond acceptors (Lipinski definition) is 2. The molecule has 0 bridgehead atoms. The summed E-state index contributed by atoms with van der Waals surface area (Å²) in [6.45, 7) is 9.00. The predicted molar refractivity (Wildman–Crippen MR) is 110 cm³/mol. The third-order valence-electron chi connectivity index (χ3n) is 6.10. The minimum absolute atomic E-state index is 0.379. The molecular weight excluding hydrogens is 318 g/mol. The second kappa shape index (κ2) is 8.55. The quantitative estimate of drug-likeness (QED) is 0.739. The van der Waals surface area contributed by atoms with Gasteiger partial charge in [-0.05, 0) is 73.9 Å². The first kappa shape index (κ1) is 18.7. The van der Waals surface area contributed by atoms with E-state index in [0.29, 0.717) is 23.6 Å². The van der Waals surface area contributed by atoms with E-state index >= 15 is 0 Å². The Morgan fingerprint density at radius 1 is 1.08 bits per heavy atom. The average molecular weight is 350 g/mol. The predicted octanol–water partition coefficient (Wildman–Crippen LogP) is 5.31. The van der Waals surface area contributed by atoms with Crippen LogP contribution in [0.3, 0.4) is 0 Å². The molecule has 3 rings (SSSR count). The molecular formula is C24H31NO. The maximum absolute atomic E-state index is 9.79. The molecule has 0 saturated carbocycles. The molecule has 0 aromatic heterocycles. The number of hydrogen-bond donors (Lipinski definition) is 1.